The molecule has 0 saturated heterocycles. The molecule has 0 spiro atoms. The third-order valence-corrected chi connectivity index (χ3v) is 3.35. The Morgan fingerprint density at radius 2 is 1.74 bits per heavy atom. The highest BCUT2D eigenvalue weighted by molar-refractivity contribution is 6.25. The van der Waals surface area contributed by atoms with E-state index in [0.29, 0.717) is 29.6 Å². The third kappa shape index (κ3) is 3.29. The average molecular weight is 262 g/mol. The quantitative estimate of drug-likeness (QED) is 0.612. The van der Waals surface area contributed by atoms with Crippen molar-refractivity contribution in [2.45, 2.75) is 47.0 Å². The van der Waals surface area contributed by atoms with E-state index < -0.39 is 0 Å². The van der Waals surface area contributed by atoms with Crippen molar-refractivity contribution in [3.63, 3.8) is 0 Å². The molecule has 0 bridgehead atoms. The van der Waals surface area contributed by atoms with E-state index in [1.807, 2.05) is 26.8 Å². The van der Waals surface area contributed by atoms with Gasteiger partial charge in [-0.1, -0.05) is 25.0 Å². The number of hydrogen-bond donors (Lipinski definition) is 1. The number of allylic oxidation sites excluding steroid dienone is 5. The highest BCUT2D eigenvalue weighted by atomic mass is 16.3. The van der Waals surface area contributed by atoms with Gasteiger partial charge in [-0.2, -0.15) is 0 Å². The van der Waals surface area contributed by atoms with Crippen molar-refractivity contribution < 1.29 is 14.7 Å². The third-order valence-electron chi connectivity index (χ3n) is 3.35. The number of aliphatic hydroxyl groups is 1. The molecule has 0 aromatic carbocycles. The Morgan fingerprint density at radius 3 is 2.21 bits per heavy atom. The van der Waals surface area contributed by atoms with Crippen molar-refractivity contribution in [2.75, 3.05) is 6.61 Å². The summed E-state index contributed by atoms with van der Waals surface area (Å²) < 4.78 is 0. The van der Waals surface area contributed by atoms with E-state index in [9.17, 15) is 14.7 Å². The molecule has 0 radical (unpaired) electrons. The van der Waals surface area contributed by atoms with E-state index in [1.165, 1.54) is 0 Å². The number of Topliss-reactive ketones (excluding diaryl/α,β-unsaturated/α-hetero) is 2. The van der Waals surface area contributed by atoms with Gasteiger partial charge >= 0.3 is 0 Å². The van der Waals surface area contributed by atoms with Crippen molar-refractivity contribution in [3.05, 3.63) is 33.9 Å². The normalized spacial score (nSPS) is 16.3. The fourth-order valence-corrected chi connectivity index (χ4v) is 2.22. The van der Waals surface area contributed by atoms with Gasteiger partial charge < -0.3 is 5.11 Å². The van der Waals surface area contributed by atoms with Gasteiger partial charge in [0.15, 0.2) is 11.6 Å². The van der Waals surface area contributed by atoms with Crippen molar-refractivity contribution >= 4 is 11.6 Å². The van der Waals surface area contributed by atoms with E-state index in [-0.39, 0.29) is 23.7 Å². The standard InChI is InChI=1S/C16H22O3/c1-5-6-12-13(8-7-10(2)3)15(18)11(4)14(9-17)16(12)19/h7,17H,5-6,8-9H2,1-4H3. The molecule has 0 atom stereocenters. The maximum atomic E-state index is 12.3. The summed E-state index contributed by atoms with van der Waals surface area (Å²) in [5, 5.41) is 9.27. The number of carbonyl (C=O) groups is 2. The Bertz CT molecular complexity index is 486. The molecule has 3 nitrogen and oxygen atoms in total. The molecular formula is C16H22O3. The van der Waals surface area contributed by atoms with E-state index in [2.05, 4.69) is 0 Å². The van der Waals surface area contributed by atoms with Crippen LogP contribution >= 0.6 is 0 Å². The van der Waals surface area contributed by atoms with Crippen LogP contribution in [-0.2, 0) is 9.59 Å². The maximum absolute atomic E-state index is 12.3. The van der Waals surface area contributed by atoms with Crippen LogP contribution in [0.25, 0.3) is 0 Å². The molecule has 0 unspecified atom stereocenters. The van der Waals surface area contributed by atoms with Crippen molar-refractivity contribution in [3.8, 4) is 0 Å². The van der Waals surface area contributed by atoms with E-state index in [1.54, 1.807) is 6.92 Å². The summed E-state index contributed by atoms with van der Waals surface area (Å²) in [5.74, 6) is -0.247. The maximum Gasteiger partial charge on any atom is 0.188 e. The smallest absolute Gasteiger partial charge is 0.188 e. The fourth-order valence-electron chi connectivity index (χ4n) is 2.22. The second kappa shape index (κ2) is 6.62. The van der Waals surface area contributed by atoms with Crippen LogP contribution in [0.4, 0.5) is 0 Å². The van der Waals surface area contributed by atoms with E-state index in [4.69, 9.17) is 0 Å². The van der Waals surface area contributed by atoms with Gasteiger partial charge in [-0.25, -0.2) is 0 Å². The Labute approximate surface area is 114 Å². The van der Waals surface area contributed by atoms with Crippen molar-refractivity contribution in [2.24, 2.45) is 0 Å². The number of hydrogen-bond acceptors (Lipinski definition) is 3. The van der Waals surface area contributed by atoms with Gasteiger partial charge in [0, 0.05) is 22.3 Å². The number of carbonyl (C=O) groups excluding carboxylic acids is 2. The summed E-state index contributed by atoms with van der Waals surface area (Å²) in [5.41, 5.74) is 2.96. The zero-order valence-electron chi connectivity index (χ0n) is 12.2. The predicted octanol–water partition coefficient (Wildman–Crippen LogP) is 2.90. The van der Waals surface area contributed by atoms with Crippen LogP contribution in [0.2, 0.25) is 0 Å². The van der Waals surface area contributed by atoms with Crippen LogP contribution in [0, 0.1) is 0 Å². The average Bonchev–Trinajstić information content (AvgIpc) is 2.36. The molecule has 3 heteroatoms. The Balaban J connectivity index is 3.27. The topological polar surface area (TPSA) is 54.4 Å². The molecule has 1 N–H and O–H groups in total. The molecule has 19 heavy (non-hydrogen) atoms. The lowest BCUT2D eigenvalue weighted by Gasteiger charge is -2.21. The summed E-state index contributed by atoms with van der Waals surface area (Å²) in [6.45, 7) is 7.18. The fraction of sp³-hybridized carbons (Fsp3) is 0.500. The lowest BCUT2D eigenvalue weighted by atomic mass is 9.81. The van der Waals surface area contributed by atoms with Gasteiger partial charge in [0.2, 0.25) is 0 Å². The molecule has 0 heterocycles. The lowest BCUT2D eigenvalue weighted by Crippen LogP contribution is -2.24. The number of ketones is 2. The second-order valence-corrected chi connectivity index (χ2v) is 5.11. The second-order valence-electron chi connectivity index (χ2n) is 5.11. The molecule has 1 rings (SSSR count). The van der Waals surface area contributed by atoms with Gasteiger partial charge in [0.05, 0.1) is 6.61 Å². The molecular weight excluding hydrogens is 240 g/mol. The Kier molecular flexibility index (Phi) is 5.43. The first-order chi connectivity index (χ1) is 8.93. The molecule has 0 aromatic heterocycles. The minimum Gasteiger partial charge on any atom is -0.392 e. The first-order valence-corrected chi connectivity index (χ1v) is 6.69. The Morgan fingerprint density at radius 1 is 1.11 bits per heavy atom. The van der Waals surface area contributed by atoms with Gasteiger partial charge in [-0.05, 0) is 33.6 Å². The zero-order chi connectivity index (χ0) is 14.6. The number of aliphatic hydroxyl groups excluding tert-OH is 1. The van der Waals surface area contributed by atoms with Gasteiger partial charge in [-0.15, -0.1) is 0 Å². The molecule has 0 amide bonds. The molecule has 0 fully saturated rings. The predicted molar refractivity (Wildman–Crippen MR) is 75.8 cm³/mol. The van der Waals surface area contributed by atoms with Gasteiger partial charge in [-0.3, -0.25) is 9.59 Å². The minimum atomic E-state index is -0.362. The number of rotatable bonds is 5. The molecule has 0 aliphatic heterocycles. The summed E-state index contributed by atoms with van der Waals surface area (Å²) in [7, 11) is 0. The molecule has 1 aliphatic rings. The molecule has 1 aliphatic carbocycles. The van der Waals surface area contributed by atoms with Crippen LogP contribution in [0.15, 0.2) is 33.9 Å². The monoisotopic (exact) mass is 262 g/mol. The first-order valence-electron chi connectivity index (χ1n) is 6.69. The van der Waals surface area contributed by atoms with E-state index in [0.717, 1.165) is 12.0 Å². The van der Waals surface area contributed by atoms with Crippen molar-refractivity contribution in [1.82, 2.24) is 0 Å². The molecule has 0 saturated carbocycles. The van der Waals surface area contributed by atoms with Crippen LogP contribution in [-0.4, -0.2) is 23.3 Å². The zero-order valence-corrected chi connectivity index (χ0v) is 12.2. The highest BCUT2D eigenvalue weighted by Crippen LogP contribution is 2.29. The first kappa shape index (κ1) is 15.6. The summed E-state index contributed by atoms with van der Waals surface area (Å²) >= 11 is 0. The minimum absolute atomic E-state index is 0.0930. The van der Waals surface area contributed by atoms with E-state index >= 15 is 0 Å². The molecule has 0 aromatic rings. The Hall–Kier alpha value is -1.48. The SMILES string of the molecule is CCCC1=C(CC=C(C)C)C(=O)C(C)=C(CO)C1=O. The lowest BCUT2D eigenvalue weighted by molar-refractivity contribution is -0.117. The van der Waals surface area contributed by atoms with Crippen LogP contribution < -0.4 is 0 Å². The van der Waals surface area contributed by atoms with Gasteiger partial charge in [0.25, 0.3) is 0 Å². The summed E-state index contributed by atoms with van der Waals surface area (Å²) in [6.07, 6.45) is 3.86. The molecule has 104 valence electrons. The summed E-state index contributed by atoms with van der Waals surface area (Å²) in [4.78, 5) is 24.6. The largest absolute Gasteiger partial charge is 0.392 e. The van der Waals surface area contributed by atoms with Crippen LogP contribution in [0.5, 0.6) is 0 Å². The van der Waals surface area contributed by atoms with Crippen molar-refractivity contribution in [1.29, 1.82) is 0 Å². The summed E-state index contributed by atoms with van der Waals surface area (Å²) in [6, 6.07) is 0. The van der Waals surface area contributed by atoms with Crippen LogP contribution in [0.1, 0.15) is 47.0 Å². The highest BCUT2D eigenvalue weighted by Gasteiger charge is 2.30. The van der Waals surface area contributed by atoms with Crippen LogP contribution in [0.3, 0.4) is 0 Å². The van der Waals surface area contributed by atoms with Gasteiger partial charge in [0.1, 0.15) is 0 Å².